The van der Waals surface area contributed by atoms with Crippen molar-refractivity contribution >= 4 is 16.8 Å². The van der Waals surface area contributed by atoms with Crippen molar-refractivity contribution in [2.75, 3.05) is 13.2 Å². The summed E-state index contributed by atoms with van der Waals surface area (Å²) < 4.78 is 5.58. The van der Waals surface area contributed by atoms with Gasteiger partial charge in [-0.1, -0.05) is 18.2 Å². The van der Waals surface area contributed by atoms with E-state index in [0.29, 0.717) is 19.7 Å². The number of aryl methyl sites for hydroxylation is 1. The van der Waals surface area contributed by atoms with Crippen molar-refractivity contribution < 1.29 is 9.53 Å². The Morgan fingerprint density at radius 1 is 1.45 bits per heavy atom. The third kappa shape index (κ3) is 2.82. The molecule has 1 aromatic carbocycles. The molecular formula is C17H21N3O2. The number of nitrogens with zero attached hydrogens (tertiary/aromatic N) is 2. The SMILES string of the molecule is Cc1cc(CN2CCO[C@H](C)[C@H]2C(N)=O)c2ccccc2n1. The Morgan fingerprint density at radius 2 is 2.23 bits per heavy atom. The van der Waals surface area contributed by atoms with Crippen LogP contribution in [-0.4, -0.2) is 41.1 Å². The average molecular weight is 299 g/mol. The van der Waals surface area contributed by atoms with Gasteiger partial charge in [0.1, 0.15) is 6.04 Å². The molecule has 1 aliphatic rings. The zero-order valence-electron chi connectivity index (χ0n) is 13.0. The Kier molecular flexibility index (Phi) is 4.09. The van der Waals surface area contributed by atoms with Crippen molar-refractivity contribution in [3.8, 4) is 0 Å². The fraction of sp³-hybridized carbons (Fsp3) is 0.412. The second-order valence-electron chi connectivity index (χ2n) is 5.83. The van der Waals surface area contributed by atoms with Gasteiger partial charge < -0.3 is 10.5 Å². The van der Waals surface area contributed by atoms with E-state index in [2.05, 4.69) is 22.0 Å². The lowest BCUT2D eigenvalue weighted by molar-refractivity contribution is -0.136. The number of morpholine rings is 1. The smallest absolute Gasteiger partial charge is 0.237 e. The molecule has 0 saturated carbocycles. The summed E-state index contributed by atoms with van der Waals surface area (Å²) in [6, 6.07) is 9.78. The minimum Gasteiger partial charge on any atom is -0.375 e. The van der Waals surface area contributed by atoms with Gasteiger partial charge in [-0.3, -0.25) is 14.7 Å². The highest BCUT2D eigenvalue weighted by Crippen LogP contribution is 2.23. The predicted octanol–water partition coefficient (Wildman–Crippen LogP) is 1.62. The molecule has 2 heterocycles. The normalized spacial score (nSPS) is 22.8. The number of benzene rings is 1. The maximum Gasteiger partial charge on any atom is 0.237 e. The largest absolute Gasteiger partial charge is 0.375 e. The first-order valence-corrected chi connectivity index (χ1v) is 7.56. The van der Waals surface area contributed by atoms with Crippen LogP contribution in [0.5, 0.6) is 0 Å². The Labute approximate surface area is 130 Å². The topological polar surface area (TPSA) is 68.5 Å². The van der Waals surface area contributed by atoms with E-state index in [4.69, 9.17) is 10.5 Å². The number of amides is 1. The molecule has 0 bridgehead atoms. The van der Waals surface area contributed by atoms with Crippen LogP contribution >= 0.6 is 0 Å². The summed E-state index contributed by atoms with van der Waals surface area (Å²) in [6.07, 6.45) is -0.180. The molecule has 116 valence electrons. The summed E-state index contributed by atoms with van der Waals surface area (Å²) in [6.45, 7) is 5.88. The van der Waals surface area contributed by atoms with E-state index in [-0.39, 0.29) is 18.1 Å². The molecule has 1 amide bonds. The van der Waals surface area contributed by atoms with Crippen LogP contribution in [0.1, 0.15) is 18.2 Å². The molecule has 1 aromatic heterocycles. The molecule has 1 fully saturated rings. The van der Waals surface area contributed by atoms with Gasteiger partial charge in [0.15, 0.2) is 0 Å². The van der Waals surface area contributed by atoms with Gasteiger partial charge in [-0.2, -0.15) is 0 Å². The van der Waals surface area contributed by atoms with Crippen molar-refractivity contribution in [2.45, 2.75) is 32.5 Å². The summed E-state index contributed by atoms with van der Waals surface area (Å²) in [5.41, 5.74) is 8.70. The molecule has 5 heteroatoms. The molecule has 5 nitrogen and oxygen atoms in total. The molecule has 0 radical (unpaired) electrons. The summed E-state index contributed by atoms with van der Waals surface area (Å²) in [5, 5.41) is 1.12. The van der Waals surface area contributed by atoms with Crippen LogP contribution in [0.3, 0.4) is 0 Å². The minimum atomic E-state index is -0.388. The maximum absolute atomic E-state index is 11.8. The van der Waals surface area contributed by atoms with Crippen LogP contribution < -0.4 is 5.73 Å². The van der Waals surface area contributed by atoms with Gasteiger partial charge in [0.05, 0.1) is 18.2 Å². The van der Waals surface area contributed by atoms with Gasteiger partial charge in [0.2, 0.25) is 5.91 Å². The van der Waals surface area contributed by atoms with Crippen LogP contribution in [0.2, 0.25) is 0 Å². The molecule has 3 rings (SSSR count). The van der Waals surface area contributed by atoms with Crippen molar-refractivity contribution in [1.82, 2.24) is 9.88 Å². The molecule has 0 aliphatic carbocycles. The van der Waals surface area contributed by atoms with E-state index in [1.165, 1.54) is 5.56 Å². The Hall–Kier alpha value is -1.98. The number of aromatic nitrogens is 1. The first-order valence-electron chi connectivity index (χ1n) is 7.56. The lowest BCUT2D eigenvalue weighted by atomic mass is 10.0. The lowest BCUT2D eigenvalue weighted by Crippen LogP contribution is -2.56. The lowest BCUT2D eigenvalue weighted by Gasteiger charge is -2.38. The number of hydrogen-bond acceptors (Lipinski definition) is 4. The number of carbonyl (C=O) groups excluding carboxylic acids is 1. The fourth-order valence-electron chi connectivity index (χ4n) is 3.22. The molecular weight excluding hydrogens is 278 g/mol. The summed E-state index contributed by atoms with van der Waals surface area (Å²) in [5.74, 6) is -0.331. The highest BCUT2D eigenvalue weighted by molar-refractivity contribution is 5.83. The number of pyridine rings is 1. The Morgan fingerprint density at radius 3 is 3.00 bits per heavy atom. The standard InChI is InChI=1S/C17H21N3O2/c1-11-9-13(14-5-3-4-6-15(14)19-11)10-20-7-8-22-12(2)16(20)17(18)21/h3-6,9,12,16H,7-8,10H2,1-2H3,(H2,18,21)/t12-,16+/m1/s1. The van der Waals surface area contributed by atoms with Gasteiger partial charge in [-0.15, -0.1) is 0 Å². The van der Waals surface area contributed by atoms with Crippen LogP contribution in [-0.2, 0) is 16.1 Å². The van der Waals surface area contributed by atoms with Crippen LogP contribution in [0.25, 0.3) is 10.9 Å². The first-order chi connectivity index (χ1) is 10.6. The van der Waals surface area contributed by atoms with Gasteiger partial charge in [0.25, 0.3) is 0 Å². The molecule has 0 spiro atoms. The van der Waals surface area contributed by atoms with E-state index in [1.54, 1.807) is 0 Å². The molecule has 2 aromatic rings. The molecule has 2 N–H and O–H groups in total. The minimum absolute atomic E-state index is 0.180. The Bertz CT molecular complexity index is 701. The molecule has 2 atom stereocenters. The predicted molar refractivity (Wildman–Crippen MR) is 85.3 cm³/mol. The summed E-state index contributed by atoms with van der Waals surface area (Å²) in [7, 11) is 0. The number of rotatable bonds is 3. The number of fused-ring (bicyclic) bond motifs is 1. The molecule has 1 saturated heterocycles. The highest BCUT2D eigenvalue weighted by Gasteiger charge is 2.33. The fourth-order valence-corrected chi connectivity index (χ4v) is 3.22. The monoisotopic (exact) mass is 299 g/mol. The van der Waals surface area contributed by atoms with Crippen LogP contribution in [0.15, 0.2) is 30.3 Å². The number of para-hydroxylation sites is 1. The van der Waals surface area contributed by atoms with Gasteiger partial charge in [-0.25, -0.2) is 0 Å². The van der Waals surface area contributed by atoms with E-state index in [1.807, 2.05) is 32.0 Å². The molecule has 1 aliphatic heterocycles. The van der Waals surface area contributed by atoms with Crippen LogP contribution in [0.4, 0.5) is 0 Å². The van der Waals surface area contributed by atoms with Gasteiger partial charge in [0, 0.05) is 24.2 Å². The van der Waals surface area contributed by atoms with Crippen molar-refractivity contribution in [3.63, 3.8) is 0 Å². The highest BCUT2D eigenvalue weighted by atomic mass is 16.5. The quantitative estimate of drug-likeness (QED) is 0.935. The Balaban J connectivity index is 1.96. The van der Waals surface area contributed by atoms with E-state index < -0.39 is 0 Å². The third-order valence-electron chi connectivity index (χ3n) is 4.19. The number of nitrogens with two attached hydrogens (primary N) is 1. The molecule has 22 heavy (non-hydrogen) atoms. The van der Waals surface area contributed by atoms with Gasteiger partial charge >= 0.3 is 0 Å². The van der Waals surface area contributed by atoms with Crippen LogP contribution in [0, 0.1) is 6.92 Å². The molecule has 0 unspecified atom stereocenters. The first kappa shape index (κ1) is 14.9. The number of ether oxygens (including phenoxy) is 1. The van der Waals surface area contributed by atoms with Crippen molar-refractivity contribution in [2.24, 2.45) is 5.73 Å². The number of primary amides is 1. The summed E-state index contributed by atoms with van der Waals surface area (Å²) in [4.78, 5) is 18.5. The number of carbonyl (C=O) groups is 1. The van der Waals surface area contributed by atoms with E-state index >= 15 is 0 Å². The third-order valence-corrected chi connectivity index (χ3v) is 4.19. The van der Waals surface area contributed by atoms with E-state index in [0.717, 1.165) is 16.6 Å². The summed E-state index contributed by atoms with van der Waals surface area (Å²) >= 11 is 0. The van der Waals surface area contributed by atoms with Crippen molar-refractivity contribution in [1.29, 1.82) is 0 Å². The zero-order chi connectivity index (χ0) is 15.7. The second kappa shape index (κ2) is 6.02. The number of hydrogen-bond donors (Lipinski definition) is 1. The maximum atomic E-state index is 11.8. The zero-order valence-corrected chi connectivity index (χ0v) is 13.0. The van der Waals surface area contributed by atoms with Gasteiger partial charge in [-0.05, 0) is 31.5 Å². The second-order valence-corrected chi connectivity index (χ2v) is 5.83. The van der Waals surface area contributed by atoms with Crippen molar-refractivity contribution in [3.05, 3.63) is 41.6 Å². The van der Waals surface area contributed by atoms with E-state index in [9.17, 15) is 4.79 Å². The average Bonchev–Trinajstić information content (AvgIpc) is 2.46.